The molecule has 0 aromatic carbocycles. The first-order valence-electron chi connectivity index (χ1n) is 11.6. The average molecular weight is 397 g/mol. The van der Waals surface area contributed by atoms with Gasteiger partial charge >= 0.3 is 0 Å². The minimum absolute atomic E-state index is 0.172. The maximum Gasteiger partial charge on any atom is 0.147 e. The predicted octanol–water partition coefficient (Wildman–Crippen LogP) is 5.84. The fourth-order valence-corrected chi connectivity index (χ4v) is 7.18. The van der Waals surface area contributed by atoms with Crippen LogP contribution in [0.2, 0.25) is 25.7 Å². The number of hydrogen-bond acceptors (Lipinski definition) is 3. The van der Waals surface area contributed by atoms with Crippen LogP contribution in [-0.2, 0) is 9.47 Å². The van der Waals surface area contributed by atoms with Gasteiger partial charge in [0.25, 0.3) is 0 Å². The molecule has 4 heteroatoms. The molecule has 0 spiro atoms. The summed E-state index contributed by atoms with van der Waals surface area (Å²) < 4.78 is 12.7. The van der Waals surface area contributed by atoms with E-state index in [0.717, 1.165) is 31.3 Å². The molecule has 0 aliphatic heterocycles. The van der Waals surface area contributed by atoms with Crippen molar-refractivity contribution in [1.82, 2.24) is 0 Å². The lowest BCUT2D eigenvalue weighted by Gasteiger charge is -2.59. The SMILES string of the molecule is CC(C)(O)C1CCCC2CC3CCCCC3CC21OCOCC[Si](C)(C)C. The third-order valence-electron chi connectivity index (χ3n) is 7.82. The Balaban J connectivity index is 1.72. The van der Waals surface area contributed by atoms with Crippen molar-refractivity contribution in [2.24, 2.45) is 23.7 Å². The minimum Gasteiger partial charge on any atom is -0.390 e. The Bertz CT molecular complexity index is 481. The Kier molecular flexibility index (Phi) is 6.82. The normalized spacial score (nSPS) is 37.6. The van der Waals surface area contributed by atoms with Gasteiger partial charge in [0.15, 0.2) is 0 Å². The molecule has 0 aromatic rings. The first kappa shape index (κ1) is 21.8. The minimum atomic E-state index is -1.07. The molecule has 3 rings (SSSR count). The van der Waals surface area contributed by atoms with E-state index < -0.39 is 13.7 Å². The maximum atomic E-state index is 11.0. The Hall–Kier alpha value is 0.0969. The molecule has 0 radical (unpaired) electrons. The van der Waals surface area contributed by atoms with Crippen molar-refractivity contribution in [1.29, 1.82) is 0 Å². The van der Waals surface area contributed by atoms with Crippen LogP contribution < -0.4 is 0 Å². The van der Waals surface area contributed by atoms with Crippen LogP contribution in [0.25, 0.3) is 0 Å². The van der Waals surface area contributed by atoms with Crippen molar-refractivity contribution in [3.8, 4) is 0 Å². The molecule has 1 N–H and O–H groups in total. The van der Waals surface area contributed by atoms with E-state index in [2.05, 4.69) is 19.6 Å². The van der Waals surface area contributed by atoms with Gasteiger partial charge < -0.3 is 14.6 Å². The van der Waals surface area contributed by atoms with E-state index in [1.807, 2.05) is 13.8 Å². The molecule has 3 fully saturated rings. The van der Waals surface area contributed by atoms with Gasteiger partial charge in [0.2, 0.25) is 0 Å². The van der Waals surface area contributed by atoms with E-state index in [4.69, 9.17) is 9.47 Å². The molecule has 0 bridgehead atoms. The molecule has 0 saturated heterocycles. The summed E-state index contributed by atoms with van der Waals surface area (Å²) in [4.78, 5) is 0. The molecule has 3 aliphatic rings. The average Bonchev–Trinajstić information content (AvgIpc) is 2.57. The van der Waals surface area contributed by atoms with Crippen LogP contribution >= 0.6 is 0 Å². The second-order valence-corrected chi connectivity index (χ2v) is 17.1. The fourth-order valence-electron chi connectivity index (χ4n) is 6.42. The molecular weight excluding hydrogens is 352 g/mol. The van der Waals surface area contributed by atoms with Crippen molar-refractivity contribution in [3.05, 3.63) is 0 Å². The van der Waals surface area contributed by atoms with Crippen LogP contribution in [0.5, 0.6) is 0 Å². The van der Waals surface area contributed by atoms with Crippen LogP contribution in [0.4, 0.5) is 0 Å². The number of hydrogen-bond donors (Lipinski definition) is 1. The fraction of sp³-hybridized carbons (Fsp3) is 1.00. The third-order valence-corrected chi connectivity index (χ3v) is 9.53. The molecule has 0 amide bonds. The van der Waals surface area contributed by atoms with Gasteiger partial charge in [-0.05, 0) is 63.3 Å². The molecule has 5 unspecified atom stereocenters. The Morgan fingerprint density at radius 2 is 1.70 bits per heavy atom. The summed E-state index contributed by atoms with van der Waals surface area (Å²) >= 11 is 0. The third kappa shape index (κ3) is 5.18. The van der Waals surface area contributed by atoms with Crippen LogP contribution in [0.3, 0.4) is 0 Å². The van der Waals surface area contributed by atoms with Crippen LogP contribution in [0.15, 0.2) is 0 Å². The topological polar surface area (TPSA) is 38.7 Å². The highest BCUT2D eigenvalue weighted by Gasteiger charge is 2.57. The highest BCUT2D eigenvalue weighted by molar-refractivity contribution is 6.76. The van der Waals surface area contributed by atoms with Crippen molar-refractivity contribution in [2.45, 2.75) is 109 Å². The van der Waals surface area contributed by atoms with E-state index in [-0.39, 0.29) is 11.5 Å². The second kappa shape index (κ2) is 8.45. The smallest absolute Gasteiger partial charge is 0.147 e. The lowest BCUT2D eigenvalue weighted by atomic mass is 9.52. The summed E-state index contributed by atoms with van der Waals surface area (Å²) in [6.45, 7) is 12.4. The van der Waals surface area contributed by atoms with Crippen LogP contribution in [0.1, 0.15) is 71.6 Å². The highest BCUT2D eigenvalue weighted by atomic mass is 28.3. The monoisotopic (exact) mass is 396 g/mol. The molecule has 3 saturated carbocycles. The van der Waals surface area contributed by atoms with Crippen molar-refractivity contribution in [2.75, 3.05) is 13.4 Å². The lowest BCUT2D eigenvalue weighted by Crippen LogP contribution is -2.61. The summed E-state index contributed by atoms with van der Waals surface area (Å²) in [5, 5.41) is 11.0. The zero-order chi connectivity index (χ0) is 19.7. The van der Waals surface area contributed by atoms with E-state index in [1.165, 1.54) is 51.0 Å². The first-order valence-corrected chi connectivity index (χ1v) is 15.3. The van der Waals surface area contributed by atoms with E-state index in [0.29, 0.717) is 12.7 Å². The summed E-state index contributed by atoms with van der Waals surface area (Å²) in [6, 6.07) is 1.19. The number of ether oxygens (including phenoxy) is 2. The van der Waals surface area contributed by atoms with Gasteiger partial charge in [-0.25, -0.2) is 0 Å². The number of aliphatic hydroxyl groups is 1. The van der Waals surface area contributed by atoms with Gasteiger partial charge in [-0.1, -0.05) is 51.7 Å². The molecule has 0 aromatic heterocycles. The van der Waals surface area contributed by atoms with E-state index >= 15 is 0 Å². The van der Waals surface area contributed by atoms with Gasteiger partial charge in [0, 0.05) is 20.6 Å². The molecule has 3 nitrogen and oxygen atoms in total. The summed E-state index contributed by atoms with van der Waals surface area (Å²) in [7, 11) is -1.07. The molecule has 5 atom stereocenters. The van der Waals surface area contributed by atoms with Gasteiger partial charge in [0.1, 0.15) is 6.79 Å². The largest absolute Gasteiger partial charge is 0.390 e. The van der Waals surface area contributed by atoms with Gasteiger partial charge in [-0.2, -0.15) is 0 Å². The zero-order valence-corrected chi connectivity index (χ0v) is 19.6. The summed E-state index contributed by atoms with van der Waals surface area (Å²) in [6.07, 6.45) is 11.6. The molecule has 3 aliphatic carbocycles. The first-order chi connectivity index (χ1) is 12.6. The summed E-state index contributed by atoms with van der Waals surface area (Å²) in [5.41, 5.74) is -0.854. The van der Waals surface area contributed by atoms with Gasteiger partial charge in [-0.15, -0.1) is 0 Å². The van der Waals surface area contributed by atoms with Crippen LogP contribution in [-0.4, -0.2) is 37.8 Å². The standard InChI is InChI=1S/C23H44O3Si/c1-22(2,24)21-12-8-11-20-15-18-9-6-7-10-19(18)16-23(20,21)26-17-25-13-14-27(3,4)5/h18-21,24H,6-17H2,1-5H3. The molecule has 27 heavy (non-hydrogen) atoms. The van der Waals surface area contributed by atoms with Gasteiger partial charge in [-0.3, -0.25) is 0 Å². The van der Waals surface area contributed by atoms with Crippen molar-refractivity contribution in [3.63, 3.8) is 0 Å². The van der Waals surface area contributed by atoms with E-state index in [9.17, 15) is 5.11 Å². The summed E-state index contributed by atoms with van der Waals surface area (Å²) in [5.74, 6) is 2.52. The quantitative estimate of drug-likeness (QED) is 0.334. The molecular formula is C23H44O3Si. The van der Waals surface area contributed by atoms with E-state index in [1.54, 1.807) is 0 Å². The molecule has 0 heterocycles. The molecule has 158 valence electrons. The van der Waals surface area contributed by atoms with Crippen LogP contribution in [0, 0.1) is 23.7 Å². The number of rotatable bonds is 7. The Morgan fingerprint density at radius 3 is 2.37 bits per heavy atom. The van der Waals surface area contributed by atoms with Crippen molar-refractivity contribution >= 4 is 8.07 Å². The predicted molar refractivity (Wildman–Crippen MR) is 115 cm³/mol. The lowest BCUT2D eigenvalue weighted by molar-refractivity contribution is -0.255. The Labute approximate surface area is 168 Å². The second-order valence-electron chi connectivity index (χ2n) is 11.5. The zero-order valence-electron chi connectivity index (χ0n) is 18.6. The Morgan fingerprint density at radius 1 is 1.00 bits per heavy atom. The highest BCUT2D eigenvalue weighted by Crippen LogP contribution is 2.57. The maximum absolute atomic E-state index is 11.0. The van der Waals surface area contributed by atoms with Gasteiger partial charge in [0.05, 0.1) is 11.2 Å². The van der Waals surface area contributed by atoms with Crippen molar-refractivity contribution < 1.29 is 14.6 Å². The number of fused-ring (bicyclic) bond motifs is 2.